The van der Waals surface area contributed by atoms with Crippen molar-refractivity contribution in [2.24, 2.45) is 5.73 Å². The third kappa shape index (κ3) is 4.03. The Kier molecular flexibility index (Phi) is 5.96. The van der Waals surface area contributed by atoms with Crippen LogP contribution in [-0.2, 0) is 9.53 Å². The Bertz CT molecular complexity index is 491. The number of amides is 1. The number of hydrogen-bond donors (Lipinski definition) is 2. The molecule has 0 aromatic carbocycles. The third-order valence-corrected chi connectivity index (χ3v) is 4.06. The van der Waals surface area contributed by atoms with E-state index in [1.807, 2.05) is 13.8 Å². The fraction of sp³-hybridized carbons (Fsp3) is 0.538. The molecule has 5 nitrogen and oxygen atoms in total. The summed E-state index contributed by atoms with van der Waals surface area (Å²) >= 11 is 1.40. The quantitative estimate of drug-likeness (QED) is 0.780. The van der Waals surface area contributed by atoms with E-state index in [0.717, 1.165) is 16.9 Å². The first-order valence-electron chi connectivity index (χ1n) is 6.06. The molecule has 1 aromatic rings. The molecular weight excluding hydrogens is 262 g/mol. The van der Waals surface area contributed by atoms with Crippen LogP contribution in [0.4, 0.5) is 5.00 Å². The minimum Gasteiger partial charge on any atom is -0.385 e. The van der Waals surface area contributed by atoms with Gasteiger partial charge < -0.3 is 15.8 Å². The van der Waals surface area contributed by atoms with Crippen molar-refractivity contribution in [2.45, 2.75) is 32.7 Å². The van der Waals surface area contributed by atoms with E-state index >= 15 is 0 Å². The minimum absolute atomic E-state index is 0.256. The van der Waals surface area contributed by atoms with Gasteiger partial charge in [0, 0.05) is 18.6 Å². The molecule has 3 N–H and O–H groups in total. The van der Waals surface area contributed by atoms with Gasteiger partial charge in [-0.05, 0) is 32.3 Å². The van der Waals surface area contributed by atoms with Crippen LogP contribution in [0.5, 0.6) is 0 Å². The Hall–Kier alpha value is -1.42. The van der Waals surface area contributed by atoms with Crippen molar-refractivity contribution >= 4 is 22.2 Å². The Balaban J connectivity index is 2.67. The van der Waals surface area contributed by atoms with Gasteiger partial charge in [-0.3, -0.25) is 4.79 Å². The van der Waals surface area contributed by atoms with E-state index in [1.165, 1.54) is 11.3 Å². The van der Waals surface area contributed by atoms with Crippen molar-refractivity contribution in [3.8, 4) is 6.07 Å². The first kappa shape index (κ1) is 15.6. The Labute approximate surface area is 117 Å². The van der Waals surface area contributed by atoms with Gasteiger partial charge in [0.2, 0.25) is 5.91 Å². The summed E-state index contributed by atoms with van der Waals surface area (Å²) in [5, 5.41) is 12.4. The number of ether oxygens (including phenoxy) is 1. The van der Waals surface area contributed by atoms with Gasteiger partial charge in [0.15, 0.2) is 0 Å². The van der Waals surface area contributed by atoms with Crippen LogP contribution in [-0.4, -0.2) is 25.7 Å². The fourth-order valence-corrected chi connectivity index (χ4v) is 2.65. The number of nitrogens with zero attached hydrogens (tertiary/aromatic N) is 1. The fourth-order valence-electron chi connectivity index (χ4n) is 1.63. The highest BCUT2D eigenvalue weighted by Crippen LogP contribution is 2.31. The lowest BCUT2D eigenvalue weighted by Gasteiger charge is -2.11. The van der Waals surface area contributed by atoms with Crippen LogP contribution in [0.3, 0.4) is 0 Å². The summed E-state index contributed by atoms with van der Waals surface area (Å²) < 4.78 is 4.92. The molecule has 0 fully saturated rings. The molecule has 0 spiro atoms. The molecule has 0 saturated carbocycles. The number of carbonyl (C=O) groups is 1. The smallest absolute Gasteiger partial charge is 0.241 e. The molecule has 0 aliphatic carbocycles. The summed E-state index contributed by atoms with van der Waals surface area (Å²) in [7, 11) is 1.61. The van der Waals surface area contributed by atoms with Gasteiger partial charge in [-0.2, -0.15) is 5.26 Å². The lowest BCUT2D eigenvalue weighted by atomic mass is 10.1. The highest BCUT2D eigenvalue weighted by molar-refractivity contribution is 7.16. The summed E-state index contributed by atoms with van der Waals surface area (Å²) in [4.78, 5) is 12.9. The van der Waals surface area contributed by atoms with Gasteiger partial charge >= 0.3 is 0 Å². The monoisotopic (exact) mass is 281 g/mol. The molecule has 1 unspecified atom stereocenters. The number of anilines is 1. The number of nitrogens with one attached hydrogen (secondary N) is 1. The van der Waals surface area contributed by atoms with Gasteiger partial charge in [0.25, 0.3) is 0 Å². The van der Waals surface area contributed by atoms with Crippen molar-refractivity contribution < 1.29 is 9.53 Å². The Morgan fingerprint density at radius 2 is 2.26 bits per heavy atom. The molecule has 6 heteroatoms. The van der Waals surface area contributed by atoms with Gasteiger partial charge in [0.1, 0.15) is 11.1 Å². The van der Waals surface area contributed by atoms with Crippen LogP contribution in [0, 0.1) is 25.2 Å². The maximum absolute atomic E-state index is 11.9. The van der Waals surface area contributed by atoms with E-state index in [4.69, 9.17) is 15.7 Å². The number of methoxy groups -OCH3 is 1. The molecular formula is C13H19N3O2S. The molecule has 0 aliphatic rings. The molecule has 0 bridgehead atoms. The molecule has 1 amide bonds. The molecule has 0 saturated heterocycles. The number of nitrogens with two attached hydrogens (primary N) is 1. The summed E-state index contributed by atoms with van der Waals surface area (Å²) in [5.41, 5.74) is 7.24. The van der Waals surface area contributed by atoms with Crippen LogP contribution in [0.1, 0.15) is 28.8 Å². The summed E-state index contributed by atoms with van der Waals surface area (Å²) in [6.07, 6.45) is 1.30. The lowest BCUT2D eigenvalue weighted by molar-refractivity contribution is -0.117. The van der Waals surface area contributed by atoms with Crippen molar-refractivity contribution in [3.05, 3.63) is 16.0 Å². The van der Waals surface area contributed by atoms with E-state index in [0.29, 0.717) is 23.6 Å². The molecule has 0 aliphatic heterocycles. The molecule has 1 aromatic heterocycles. The van der Waals surface area contributed by atoms with E-state index in [9.17, 15) is 4.79 Å². The Morgan fingerprint density at radius 1 is 1.58 bits per heavy atom. The average Bonchev–Trinajstić information content (AvgIpc) is 2.64. The molecule has 0 radical (unpaired) electrons. The molecule has 1 rings (SSSR count). The highest BCUT2D eigenvalue weighted by atomic mass is 32.1. The standard InChI is InChI=1S/C13H19N3O2S/c1-8-9(2)19-13(10(8)7-14)16-12(17)11(15)5-4-6-18-3/h11H,4-6,15H2,1-3H3,(H,16,17). The number of nitriles is 1. The van der Waals surface area contributed by atoms with Gasteiger partial charge in [0.05, 0.1) is 11.6 Å². The van der Waals surface area contributed by atoms with E-state index in [1.54, 1.807) is 7.11 Å². The first-order valence-corrected chi connectivity index (χ1v) is 6.88. The van der Waals surface area contributed by atoms with E-state index in [-0.39, 0.29) is 5.91 Å². The highest BCUT2D eigenvalue weighted by Gasteiger charge is 2.18. The first-order chi connectivity index (χ1) is 9.01. The number of aryl methyl sites for hydroxylation is 1. The predicted molar refractivity (Wildman–Crippen MR) is 76.2 cm³/mol. The number of rotatable bonds is 6. The zero-order valence-electron chi connectivity index (χ0n) is 11.4. The van der Waals surface area contributed by atoms with Gasteiger partial charge in [-0.15, -0.1) is 11.3 Å². The zero-order valence-corrected chi connectivity index (χ0v) is 12.3. The average molecular weight is 281 g/mol. The second kappa shape index (κ2) is 7.24. The Morgan fingerprint density at radius 3 is 2.84 bits per heavy atom. The van der Waals surface area contributed by atoms with Crippen LogP contribution in [0.15, 0.2) is 0 Å². The number of thiophene rings is 1. The van der Waals surface area contributed by atoms with Crippen molar-refractivity contribution in [3.63, 3.8) is 0 Å². The summed E-state index contributed by atoms with van der Waals surface area (Å²) in [6.45, 7) is 4.38. The second-order valence-electron chi connectivity index (χ2n) is 4.33. The molecule has 1 heterocycles. The molecule has 1 atom stereocenters. The normalized spacial score (nSPS) is 11.9. The van der Waals surface area contributed by atoms with Crippen LogP contribution < -0.4 is 11.1 Å². The zero-order chi connectivity index (χ0) is 14.4. The van der Waals surface area contributed by atoms with Crippen molar-refractivity contribution in [1.82, 2.24) is 0 Å². The minimum atomic E-state index is -0.579. The van der Waals surface area contributed by atoms with Crippen LogP contribution in [0.25, 0.3) is 0 Å². The van der Waals surface area contributed by atoms with Crippen molar-refractivity contribution in [2.75, 3.05) is 19.0 Å². The maximum Gasteiger partial charge on any atom is 0.241 e. The SMILES string of the molecule is COCCCC(N)C(=O)Nc1sc(C)c(C)c1C#N. The van der Waals surface area contributed by atoms with Crippen molar-refractivity contribution in [1.29, 1.82) is 5.26 Å². The van der Waals surface area contributed by atoms with Crippen LogP contribution >= 0.6 is 11.3 Å². The largest absolute Gasteiger partial charge is 0.385 e. The van der Waals surface area contributed by atoms with Gasteiger partial charge in [-0.25, -0.2) is 0 Å². The van der Waals surface area contributed by atoms with E-state index < -0.39 is 6.04 Å². The number of hydrogen-bond acceptors (Lipinski definition) is 5. The maximum atomic E-state index is 11.9. The topological polar surface area (TPSA) is 88.1 Å². The van der Waals surface area contributed by atoms with Gasteiger partial charge in [-0.1, -0.05) is 0 Å². The molecule has 104 valence electrons. The lowest BCUT2D eigenvalue weighted by Crippen LogP contribution is -2.35. The second-order valence-corrected chi connectivity index (χ2v) is 5.55. The summed E-state index contributed by atoms with van der Waals surface area (Å²) in [6, 6.07) is 1.54. The predicted octanol–water partition coefficient (Wildman–Crippen LogP) is 1.93. The number of carbonyl (C=O) groups excluding carboxylic acids is 1. The third-order valence-electron chi connectivity index (χ3n) is 2.93. The summed E-state index contributed by atoms with van der Waals surface area (Å²) in [5.74, 6) is -0.256. The van der Waals surface area contributed by atoms with E-state index in [2.05, 4.69) is 11.4 Å². The molecule has 19 heavy (non-hydrogen) atoms. The van der Waals surface area contributed by atoms with Crippen LogP contribution in [0.2, 0.25) is 0 Å².